The van der Waals surface area contributed by atoms with Crippen LogP contribution >= 0.6 is 11.3 Å². The van der Waals surface area contributed by atoms with Gasteiger partial charge in [0.2, 0.25) is 5.70 Å². The fraction of sp³-hybridized carbons (Fsp3) is 0.333. The molecule has 1 unspecified atom stereocenters. The molecule has 13 nitrogen and oxygen atoms in total. The van der Waals surface area contributed by atoms with E-state index in [0.717, 1.165) is 17.0 Å². The molecular formula is C21H25N7O6S. The van der Waals surface area contributed by atoms with Crippen molar-refractivity contribution in [2.45, 2.75) is 24.9 Å². The molecule has 186 valence electrons. The van der Waals surface area contributed by atoms with Gasteiger partial charge in [0, 0.05) is 43.7 Å². The highest BCUT2D eigenvalue weighted by atomic mass is 32.1. The summed E-state index contributed by atoms with van der Waals surface area (Å²) >= 11 is 1.14. The van der Waals surface area contributed by atoms with Crippen molar-refractivity contribution >= 4 is 51.3 Å². The molecule has 0 saturated carbocycles. The Hall–Kier alpha value is -4.04. The molecule has 2 aromatic heterocycles. The molecule has 0 aliphatic carbocycles. The van der Waals surface area contributed by atoms with Gasteiger partial charge in [-0.3, -0.25) is 14.5 Å². The minimum absolute atomic E-state index is 0. The Balaban J connectivity index is 0.00000342. The van der Waals surface area contributed by atoms with E-state index < -0.39 is 29.9 Å². The maximum Gasteiger partial charge on any atom is 0.359 e. The molecular weight excluding hydrogens is 478 g/mol. The first kappa shape index (κ1) is 25.6. The molecule has 2 aliphatic rings. The SMILES string of the molecule is CON=C(C(=O)N[C@@H]1C(=O)N2C(C(=O)O)=C([n+]3ccc(N(C)C)cc3)CCC12)c1csc(N)n1.[OH-]. The molecule has 0 bridgehead atoms. The Morgan fingerprint density at radius 1 is 1.37 bits per heavy atom. The number of carboxylic acids is 1. The molecule has 2 aliphatic heterocycles. The zero-order chi connectivity index (χ0) is 24.6. The normalized spacial score (nSPS) is 19.3. The van der Waals surface area contributed by atoms with Gasteiger partial charge in [-0.15, -0.1) is 11.3 Å². The number of hydrogen-bond acceptors (Lipinski definition) is 10. The summed E-state index contributed by atoms with van der Waals surface area (Å²) in [4.78, 5) is 49.9. The number of carbonyl (C=O) groups is 3. The number of nitrogens with one attached hydrogen (secondary N) is 1. The summed E-state index contributed by atoms with van der Waals surface area (Å²) in [5, 5.41) is 18.1. The van der Waals surface area contributed by atoms with Crippen molar-refractivity contribution in [3.05, 3.63) is 41.3 Å². The van der Waals surface area contributed by atoms with Crippen LogP contribution in [0.3, 0.4) is 0 Å². The van der Waals surface area contributed by atoms with E-state index in [0.29, 0.717) is 18.5 Å². The summed E-state index contributed by atoms with van der Waals surface area (Å²) in [7, 11) is 5.10. The van der Waals surface area contributed by atoms with Gasteiger partial charge in [-0.25, -0.2) is 9.78 Å². The van der Waals surface area contributed by atoms with Crippen LogP contribution in [-0.2, 0) is 19.2 Å². The number of thiazole rings is 1. The topological polar surface area (TPSA) is 184 Å². The van der Waals surface area contributed by atoms with Crippen LogP contribution in [-0.4, -0.2) is 77.3 Å². The summed E-state index contributed by atoms with van der Waals surface area (Å²) in [5.74, 6) is -2.37. The molecule has 5 N–H and O–H groups in total. The van der Waals surface area contributed by atoms with E-state index in [1.165, 1.54) is 12.0 Å². The molecule has 0 radical (unpaired) electrons. The fourth-order valence-electron chi connectivity index (χ4n) is 4.09. The number of nitrogens with zero attached hydrogens (tertiary/aromatic N) is 5. The monoisotopic (exact) mass is 503 g/mol. The average Bonchev–Trinajstić information content (AvgIpc) is 3.25. The predicted molar refractivity (Wildman–Crippen MR) is 126 cm³/mol. The number of fused-ring (bicyclic) bond motifs is 1. The number of aliphatic carboxylic acids is 1. The van der Waals surface area contributed by atoms with Crippen molar-refractivity contribution < 1.29 is 34.4 Å². The first-order valence-corrected chi connectivity index (χ1v) is 11.2. The number of anilines is 2. The molecule has 2 aromatic rings. The third-order valence-corrected chi connectivity index (χ3v) is 6.38. The van der Waals surface area contributed by atoms with Gasteiger partial charge in [-0.2, -0.15) is 4.57 Å². The first-order valence-electron chi connectivity index (χ1n) is 10.3. The third-order valence-electron chi connectivity index (χ3n) is 5.70. The Labute approximate surface area is 204 Å². The lowest BCUT2D eigenvalue weighted by Crippen LogP contribution is -2.72. The maximum absolute atomic E-state index is 13.0. The number of carboxylic acid groups (broad SMARTS) is 1. The number of carbonyl (C=O) groups excluding carboxylic acids is 2. The van der Waals surface area contributed by atoms with E-state index in [-0.39, 0.29) is 27.7 Å². The van der Waals surface area contributed by atoms with Gasteiger partial charge in [0.25, 0.3) is 11.8 Å². The fourth-order valence-corrected chi connectivity index (χ4v) is 4.64. The number of β-lactam (4-membered cyclic amide) rings is 1. The molecule has 2 atom stereocenters. The van der Waals surface area contributed by atoms with Gasteiger partial charge < -0.3 is 31.4 Å². The van der Waals surface area contributed by atoms with Gasteiger partial charge in [-0.05, 0) is 6.42 Å². The second kappa shape index (κ2) is 10.1. The first-order chi connectivity index (χ1) is 16.2. The van der Waals surface area contributed by atoms with E-state index in [2.05, 4.69) is 15.5 Å². The highest BCUT2D eigenvalue weighted by molar-refractivity contribution is 7.13. The van der Waals surface area contributed by atoms with E-state index in [1.54, 1.807) is 22.3 Å². The number of allylic oxidation sites excluding steroid dienone is 1. The molecule has 1 saturated heterocycles. The standard InChI is InChI=1S/C21H23N7O5S.H2O/c1-26(2)11-6-8-27(9-7-11)14-5-4-13-16(19(30)28(13)17(14)20(31)32)24-18(29)15(25-33-3)12-10-34-21(22)23-12;/h6-10,13,16H,4-5H2,1-3H3,(H3-,22,23,24,29,31,32);1H2/t13?,16-;/m0./s1. The highest BCUT2D eigenvalue weighted by Crippen LogP contribution is 2.37. The van der Waals surface area contributed by atoms with Crippen molar-refractivity contribution in [1.82, 2.24) is 15.2 Å². The van der Waals surface area contributed by atoms with Crippen LogP contribution in [0.4, 0.5) is 10.8 Å². The smallest absolute Gasteiger partial charge is 0.359 e. The van der Waals surface area contributed by atoms with Crippen molar-refractivity contribution in [3.8, 4) is 0 Å². The van der Waals surface area contributed by atoms with E-state index >= 15 is 0 Å². The lowest BCUT2D eigenvalue weighted by molar-refractivity contribution is -0.585. The average molecular weight is 504 g/mol. The van der Waals surface area contributed by atoms with Crippen LogP contribution in [0.15, 0.2) is 40.8 Å². The maximum atomic E-state index is 13.0. The number of pyridine rings is 1. The van der Waals surface area contributed by atoms with Gasteiger partial charge >= 0.3 is 5.97 Å². The van der Waals surface area contributed by atoms with Crippen LogP contribution in [0.5, 0.6) is 0 Å². The molecule has 35 heavy (non-hydrogen) atoms. The largest absolute Gasteiger partial charge is 0.870 e. The van der Waals surface area contributed by atoms with Crippen LogP contribution in [0, 0.1) is 0 Å². The molecule has 0 aromatic carbocycles. The minimum Gasteiger partial charge on any atom is -0.870 e. The van der Waals surface area contributed by atoms with Crippen LogP contribution < -0.4 is 20.5 Å². The number of amides is 2. The summed E-state index contributed by atoms with van der Waals surface area (Å²) in [5.41, 5.74) is 7.12. The predicted octanol–water partition coefficient (Wildman–Crippen LogP) is -0.305. The number of oxime groups is 1. The van der Waals surface area contributed by atoms with Crippen LogP contribution in [0.1, 0.15) is 18.5 Å². The van der Waals surface area contributed by atoms with Crippen molar-refractivity contribution in [3.63, 3.8) is 0 Å². The van der Waals surface area contributed by atoms with E-state index in [9.17, 15) is 19.5 Å². The van der Waals surface area contributed by atoms with Crippen molar-refractivity contribution in [1.29, 1.82) is 0 Å². The molecule has 2 amide bonds. The number of aromatic nitrogens is 2. The van der Waals surface area contributed by atoms with Gasteiger partial charge in [0.1, 0.15) is 18.8 Å². The molecule has 4 heterocycles. The quantitative estimate of drug-likeness (QED) is 0.197. The van der Waals surface area contributed by atoms with Crippen LogP contribution in [0.2, 0.25) is 0 Å². The summed E-state index contributed by atoms with van der Waals surface area (Å²) in [6.07, 6.45) is 4.43. The number of nitrogen functional groups attached to an aromatic ring is 1. The van der Waals surface area contributed by atoms with Gasteiger partial charge in [0.15, 0.2) is 28.9 Å². The molecule has 0 spiro atoms. The number of hydrogen-bond donors (Lipinski definition) is 3. The third kappa shape index (κ3) is 4.65. The summed E-state index contributed by atoms with van der Waals surface area (Å²) < 4.78 is 1.71. The van der Waals surface area contributed by atoms with E-state index in [1.807, 2.05) is 31.1 Å². The Morgan fingerprint density at radius 3 is 2.60 bits per heavy atom. The molecule has 4 rings (SSSR count). The second-order valence-corrected chi connectivity index (χ2v) is 8.81. The van der Waals surface area contributed by atoms with Crippen LogP contribution in [0.25, 0.3) is 5.70 Å². The van der Waals surface area contributed by atoms with Crippen molar-refractivity contribution in [2.24, 2.45) is 5.16 Å². The Bertz CT molecular complexity index is 1210. The number of rotatable bonds is 7. The lowest BCUT2D eigenvalue weighted by Gasteiger charge is -2.48. The molecule has 1 fully saturated rings. The Morgan fingerprint density at radius 2 is 2.06 bits per heavy atom. The zero-order valence-electron chi connectivity index (χ0n) is 19.2. The van der Waals surface area contributed by atoms with Gasteiger partial charge in [-0.1, -0.05) is 5.16 Å². The van der Waals surface area contributed by atoms with E-state index in [4.69, 9.17) is 10.6 Å². The zero-order valence-corrected chi connectivity index (χ0v) is 20.0. The van der Waals surface area contributed by atoms with Crippen molar-refractivity contribution in [2.75, 3.05) is 31.8 Å². The highest BCUT2D eigenvalue weighted by Gasteiger charge is 2.55. The molecule has 14 heteroatoms. The lowest BCUT2D eigenvalue weighted by atomic mass is 9.85. The summed E-state index contributed by atoms with van der Waals surface area (Å²) in [6.45, 7) is 0. The summed E-state index contributed by atoms with van der Waals surface area (Å²) in [6, 6.07) is 2.35. The number of nitrogens with two attached hydrogens (primary N) is 1. The second-order valence-electron chi connectivity index (χ2n) is 7.92. The minimum atomic E-state index is -1.21. The Kier molecular flexibility index (Phi) is 7.36. The van der Waals surface area contributed by atoms with Gasteiger partial charge in [0.05, 0.1) is 6.04 Å².